The van der Waals surface area contributed by atoms with Crippen LogP contribution in [0.25, 0.3) is 11.3 Å². The second kappa shape index (κ2) is 10.5. The number of hydrazone groups is 1. The van der Waals surface area contributed by atoms with Crippen molar-refractivity contribution in [3.63, 3.8) is 0 Å². The third kappa shape index (κ3) is 5.22. The minimum atomic E-state index is -0.880. The highest BCUT2D eigenvalue weighted by molar-refractivity contribution is 8.13. The summed E-state index contributed by atoms with van der Waals surface area (Å²) < 4.78 is 6.22. The second-order valence-corrected chi connectivity index (χ2v) is 11.9. The van der Waals surface area contributed by atoms with E-state index in [2.05, 4.69) is 53.5 Å². The summed E-state index contributed by atoms with van der Waals surface area (Å²) in [6.45, 7) is 10.1. The van der Waals surface area contributed by atoms with Crippen LogP contribution in [-0.2, 0) is 4.79 Å². The highest BCUT2D eigenvalue weighted by atomic mass is 32.2. The zero-order chi connectivity index (χ0) is 26.0. The van der Waals surface area contributed by atoms with Crippen LogP contribution >= 0.6 is 23.5 Å². The Labute approximate surface area is 222 Å². The number of rotatable bonds is 5. The number of ether oxygens (including phenoxy) is 1. The van der Waals surface area contributed by atoms with Crippen molar-refractivity contribution in [3.05, 3.63) is 65.4 Å². The molecule has 0 bridgehead atoms. The topological polar surface area (TPSA) is 102 Å². The molecule has 1 amide bonds. The second-order valence-electron chi connectivity index (χ2n) is 9.48. The van der Waals surface area contributed by atoms with Crippen molar-refractivity contribution < 1.29 is 11.0 Å². The van der Waals surface area contributed by atoms with Gasteiger partial charge in [-0.25, -0.2) is 9.97 Å². The van der Waals surface area contributed by atoms with Crippen LogP contribution in [0.3, 0.4) is 0 Å². The van der Waals surface area contributed by atoms with Crippen LogP contribution in [0.15, 0.2) is 58.5 Å². The first-order valence-electron chi connectivity index (χ1n) is 11.7. The van der Waals surface area contributed by atoms with Gasteiger partial charge in [0.25, 0.3) is 0 Å². The third-order valence-electron chi connectivity index (χ3n) is 6.09. The average molecular weight is 524 g/mol. The summed E-state index contributed by atoms with van der Waals surface area (Å²) in [6, 6.07) is 16.3. The maximum absolute atomic E-state index is 13.4. The summed E-state index contributed by atoms with van der Waals surface area (Å²) in [5, 5.41) is 7.39. The number of nitrogens with zero attached hydrogens (tertiary/aromatic N) is 3. The van der Waals surface area contributed by atoms with Gasteiger partial charge < -0.3 is 15.9 Å². The predicted molar refractivity (Wildman–Crippen MR) is 151 cm³/mol. The van der Waals surface area contributed by atoms with Crippen molar-refractivity contribution in [2.24, 2.45) is 16.4 Å². The van der Waals surface area contributed by atoms with Crippen LogP contribution in [0.4, 0.5) is 0 Å². The molecule has 190 valence electrons. The van der Waals surface area contributed by atoms with E-state index < -0.39 is 5.41 Å². The molecule has 0 saturated carbocycles. The number of hydrogen-bond acceptors (Lipinski definition) is 8. The van der Waals surface area contributed by atoms with Gasteiger partial charge in [-0.1, -0.05) is 63.7 Å². The van der Waals surface area contributed by atoms with E-state index in [-0.39, 0.29) is 13.3 Å². The van der Waals surface area contributed by atoms with Gasteiger partial charge in [-0.3, -0.25) is 4.79 Å². The number of pyridine rings is 2. The molecule has 0 radical (unpaired) electrons. The number of fused-ring (bicyclic) bond motifs is 2. The lowest BCUT2D eigenvalue weighted by atomic mass is 9.70. The number of carbonyl (C=O) groups excluding carboxylic acids is 1. The van der Waals surface area contributed by atoms with Crippen LogP contribution in [0, 0.1) is 12.3 Å². The first kappa shape index (κ1) is 26.0. The lowest BCUT2D eigenvalue weighted by Crippen LogP contribution is -2.44. The third-order valence-corrected chi connectivity index (χ3v) is 7.70. The van der Waals surface area contributed by atoms with E-state index in [1.807, 2.05) is 63.1 Å². The summed E-state index contributed by atoms with van der Waals surface area (Å²) in [6.07, 6.45) is 1.81. The standard InChI is InChI=1S/C27H31N5O2S2.H2/c1-15(2)36-18-10-8-17(9-11-18)21-14-13-20-22(27(4,5)25(33)31-26(32-28)35-6)19-12-7-16(3)29-23(19)34-24(20)30-21;/h7-15,22H,28H2,1-6H3,(H,31,32,33);1H/t22-;/m0./s1. The Balaban J connectivity index is 0.00000380. The van der Waals surface area contributed by atoms with Crippen LogP contribution in [0.1, 0.15) is 51.9 Å². The summed E-state index contributed by atoms with van der Waals surface area (Å²) in [5.74, 6) is 5.83. The van der Waals surface area contributed by atoms with E-state index in [0.717, 1.165) is 28.1 Å². The lowest BCUT2D eigenvalue weighted by molar-refractivity contribution is -0.128. The van der Waals surface area contributed by atoms with Crippen LogP contribution in [0.5, 0.6) is 11.8 Å². The molecule has 1 aromatic carbocycles. The van der Waals surface area contributed by atoms with Gasteiger partial charge in [0.15, 0.2) is 5.17 Å². The molecule has 3 heterocycles. The van der Waals surface area contributed by atoms with E-state index in [4.69, 9.17) is 15.6 Å². The summed E-state index contributed by atoms with van der Waals surface area (Å²) in [5.41, 5.74) is 3.41. The minimum Gasteiger partial charge on any atom is -0.420 e. The molecule has 36 heavy (non-hydrogen) atoms. The van der Waals surface area contributed by atoms with Gasteiger partial charge >= 0.3 is 0 Å². The number of amidine groups is 1. The highest BCUT2D eigenvalue weighted by Gasteiger charge is 2.45. The number of amides is 1. The summed E-state index contributed by atoms with van der Waals surface area (Å²) in [7, 11) is 0. The molecule has 2 aromatic heterocycles. The van der Waals surface area contributed by atoms with Gasteiger partial charge in [-0.2, -0.15) is 5.10 Å². The van der Waals surface area contributed by atoms with Crippen LogP contribution < -0.4 is 15.9 Å². The number of nitrogens with two attached hydrogens (primary N) is 1. The molecule has 4 rings (SSSR count). The molecule has 0 aliphatic carbocycles. The molecule has 7 nitrogen and oxygen atoms in total. The summed E-state index contributed by atoms with van der Waals surface area (Å²) >= 11 is 3.10. The quantitative estimate of drug-likeness (QED) is 0.135. The maximum atomic E-state index is 13.4. The van der Waals surface area contributed by atoms with Gasteiger partial charge in [0.05, 0.1) is 11.1 Å². The van der Waals surface area contributed by atoms with Gasteiger partial charge in [-0.05, 0) is 37.4 Å². The molecular formula is C27H33N5O2S2. The zero-order valence-corrected chi connectivity index (χ0v) is 23.0. The Bertz CT molecular complexity index is 1310. The van der Waals surface area contributed by atoms with E-state index in [1.54, 1.807) is 0 Å². The minimum absolute atomic E-state index is 0. The number of nitrogens with one attached hydrogen (secondary N) is 1. The highest BCUT2D eigenvalue weighted by Crippen LogP contribution is 2.51. The summed E-state index contributed by atoms with van der Waals surface area (Å²) in [4.78, 5) is 24.1. The van der Waals surface area contributed by atoms with Crippen molar-refractivity contribution in [2.45, 2.75) is 50.7 Å². The first-order chi connectivity index (χ1) is 17.1. The van der Waals surface area contributed by atoms with Crippen molar-refractivity contribution >= 4 is 34.6 Å². The van der Waals surface area contributed by atoms with Crippen molar-refractivity contribution in [1.29, 1.82) is 0 Å². The van der Waals surface area contributed by atoms with Gasteiger partial charge in [0.2, 0.25) is 17.7 Å². The molecule has 3 N–H and O–H groups in total. The fourth-order valence-corrected chi connectivity index (χ4v) is 5.43. The van der Waals surface area contributed by atoms with Crippen LogP contribution in [-0.4, -0.2) is 32.5 Å². The number of aromatic nitrogens is 2. The number of hydrogen-bond donors (Lipinski definition) is 2. The molecule has 1 aliphatic rings. The molecule has 1 atom stereocenters. The number of aryl methyl sites for hydroxylation is 1. The van der Waals surface area contributed by atoms with E-state index >= 15 is 0 Å². The van der Waals surface area contributed by atoms with Crippen molar-refractivity contribution in [2.75, 3.05) is 6.26 Å². The molecule has 3 aromatic rings. The SMILES string of the molecule is CS/C(=N\N)NC(=O)C(C)(C)[C@H]1c2ccc(C)nc2Oc2nc(-c3ccc(SC(C)C)cc3)ccc21.[HH]. The molecular weight excluding hydrogens is 490 g/mol. The largest absolute Gasteiger partial charge is 0.420 e. The first-order valence-corrected chi connectivity index (χ1v) is 13.8. The number of benzene rings is 1. The fourth-order valence-electron chi connectivity index (χ4n) is 4.30. The average Bonchev–Trinajstić information content (AvgIpc) is 2.85. The Morgan fingerprint density at radius 2 is 1.72 bits per heavy atom. The predicted octanol–water partition coefficient (Wildman–Crippen LogP) is 6.17. The van der Waals surface area contributed by atoms with Gasteiger partial charge in [0.1, 0.15) is 0 Å². The maximum Gasteiger partial charge on any atom is 0.232 e. The van der Waals surface area contributed by atoms with Crippen molar-refractivity contribution in [3.8, 4) is 23.0 Å². The Morgan fingerprint density at radius 1 is 1.08 bits per heavy atom. The van der Waals surface area contributed by atoms with Crippen LogP contribution in [0.2, 0.25) is 0 Å². The van der Waals surface area contributed by atoms with Gasteiger partial charge in [0, 0.05) is 39.9 Å². The molecule has 0 fully saturated rings. The zero-order valence-electron chi connectivity index (χ0n) is 21.3. The Kier molecular flexibility index (Phi) is 7.61. The lowest BCUT2D eigenvalue weighted by Gasteiger charge is -2.37. The fraction of sp³-hybridized carbons (Fsp3) is 0.333. The molecule has 0 spiro atoms. The Hall–Kier alpha value is -3.04. The Morgan fingerprint density at radius 3 is 2.33 bits per heavy atom. The molecule has 0 unspecified atom stereocenters. The normalized spacial score (nSPS) is 15.2. The van der Waals surface area contributed by atoms with E-state index in [1.165, 1.54) is 16.7 Å². The molecule has 1 aliphatic heterocycles. The molecule has 9 heteroatoms. The number of thioether (sulfide) groups is 2. The van der Waals surface area contributed by atoms with E-state index in [0.29, 0.717) is 22.2 Å². The number of carbonyl (C=O) groups is 1. The molecule has 0 saturated heterocycles. The van der Waals surface area contributed by atoms with E-state index in [9.17, 15) is 4.79 Å². The monoisotopic (exact) mass is 523 g/mol. The smallest absolute Gasteiger partial charge is 0.232 e. The van der Waals surface area contributed by atoms with Gasteiger partial charge in [-0.15, -0.1) is 11.8 Å². The van der Waals surface area contributed by atoms with Crippen molar-refractivity contribution in [1.82, 2.24) is 15.3 Å².